The van der Waals surface area contributed by atoms with Crippen molar-refractivity contribution in [3.8, 4) is 11.5 Å². The number of carbonyl (C=O) groups excluding carboxylic acids is 1. The third-order valence-corrected chi connectivity index (χ3v) is 5.14. The van der Waals surface area contributed by atoms with Crippen molar-refractivity contribution in [2.45, 2.75) is 12.5 Å². The summed E-state index contributed by atoms with van der Waals surface area (Å²) in [6.45, 7) is 1.06. The lowest BCUT2D eigenvalue weighted by Crippen LogP contribution is -2.30. The number of nitrogens with one attached hydrogen (secondary N) is 1. The SMILES string of the molecule is O=C(Cc1ccc2c(c1)OCCO2)NC(c1ccccc1)c1cc2ccccc2o1. The number of hydrogen-bond acceptors (Lipinski definition) is 4. The Labute approximate surface area is 174 Å². The molecule has 150 valence electrons. The Morgan fingerprint density at radius 2 is 1.63 bits per heavy atom. The lowest BCUT2D eigenvalue weighted by atomic mass is 10.0. The molecule has 1 atom stereocenters. The molecule has 1 N–H and O–H groups in total. The van der Waals surface area contributed by atoms with Crippen LogP contribution in [0, 0.1) is 0 Å². The van der Waals surface area contributed by atoms with Gasteiger partial charge in [-0.3, -0.25) is 4.79 Å². The topological polar surface area (TPSA) is 60.7 Å². The molecule has 30 heavy (non-hydrogen) atoms. The third-order valence-electron chi connectivity index (χ3n) is 5.14. The fourth-order valence-electron chi connectivity index (χ4n) is 3.70. The van der Waals surface area contributed by atoms with Gasteiger partial charge in [-0.1, -0.05) is 54.6 Å². The standard InChI is InChI=1S/C25H21NO4/c27-24(15-17-10-11-21-22(14-17)29-13-12-28-21)26-25(18-6-2-1-3-7-18)23-16-19-8-4-5-9-20(19)30-23/h1-11,14,16,25H,12-13,15H2,(H,26,27). The van der Waals surface area contributed by atoms with Crippen LogP contribution in [-0.2, 0) is 11.2 Å². The van der Waals surface area contributed by atoms with E-state index in [0.29, 0.717) is 24.7 Å². The molecule has 5 nitrogen and oxygen atoms in total. The molecular weight excluding hydrogens is 378 g/mol. The first kappa shape index (κ1) is 18.3. The van der Waals surface area contributed by atoms with Crippen molar-refractivity contribution in [1.29, 1.82) is 0 Å². The average molecular weight is 399 g/mol. The number of hydrogen-bond donors (Lipinski definition) is 1. The summed E-state index contributed by atoms with van der Waals surface area (Å²) in [5.74, 6) is 2.01. The molecule has 0 radical (unpaired) electrons. The zero-order chi connectivity index (χ0) is 20.3. The van der Waals surface area contributed by atoms with Crippen LogP contribution in [0.2, 0.25) is 0 Å². The van der Waals surface area contributed by atoms with Crippen molar-refractivity contribution in [3.05, 3.63) is 95.7 Å². The van der Waals surface area contributed by atoms with E-state index in [1.54, 1.807) is 0 Å². The maximum absolute atomic E-state index is 12.9. The second-order valence-corrected chi connectivity index (χ2v) is 7.25. The second-order valence-electron chi connectivity index (χ2n) is 7.25. The lowest BCUT2D eigenvalue weighted by Gasteiger charge is -2.20. The van der Waals surface area contributed by atoms with Gasteiger partial charge in [0.05, 0.1) is 6.42 Å². The second kappa shape index (κ2) is 7.95. The molecule has 1 aliphatic heterocycles. The summed E-state index contributed by atoms with van der Waals surface area (Å²) >= 11 is 0. The van der Waals surface area contributed by atoms with Crippen LogP contribution in [0.3, 0.4) is 0 Å². The quantitative estimate of drug-likeness (QED) is 0.531. The summed E-state index contributed by atoms with van der Waals surface area (Å²) in [5.41, 5.74) is 2.63. The first-order chi connectivity index (χ1) is 14.8. The van der Waals surface area contributed by atoms with Gasteiger partial charge in [-0.25, -0.2) is 0 Å². The van der Waals surface area contributed by atoms with Gasteiger partial charge in [-0.15, -0.1) is 0 Å². The monoisotopic (exact) mass is 399 g/mol. The Bertz CT molecular complexity index is 1150. The van der Waals surface area contributed by atoms with Crippen molar-refractivity contribution in [2.75, 3.05) is 13.2 Å². The van der Waals surface area contributed by atoms with Gasteiger partial charge in [-0.05, 0) is 35.4 Å². The van der Waals surface area contributed by atoms with Crippen LogP contribution >= 0.6 is 0 Å². The number of benzene rings is 3. The van der Waals surface area contributed by atoms with Gasteiger partial charge in [0.1, 0.15) is 30.6 Å². The predicted octanol–water partition coefficient (Wildman–Crippen LogP) is 4.65. The average Bonchev–Trinajstić information content (AvgIpc) is 3.22. The summed E-state index contributed by atoms with van der Waals surface area (Å²) in [4.78, 5) is 12.9. The van der Waals surface area contributed by atoms with E-state index in [-0.39, 0.29) is 18.4 Å². The van der Waals surface area contributed by atoms with Crippen molar-refractivity contribution in [2.24, 2.45) is 0 Å². The first-order valence-electron chi connectivity index (χ1n) is 9.97. The summed E-state index contributed by atoms with van der Waals surface area (Å²) in [7, 11) is 0. The Morgan fingerprint density at radius 1 is 0.867 bits per heavy atom. The van der Waals surface area contributed by atoms with Crippen LogP contribution in [0.4, 0.5) is 0 Å². The van der Waals surface area contributed by atoms with Gasteiger partial charge in [0, 0.05) is 5.39 Å². The molecule has 0 fully saturated rings. The van der Waals surface area contributed by atoms with E-state index in [4.69, 9.17) is 13.9 Å². The molecule has 3 aromatic carbocycles. The molecule has 2 heterocycles. The van der Waals surface area contributed by atoms with Crippen molar-refractivity contribution < 1.29 is 18.7 Å². The number of carbonyl (C=O) groups is 1. The number of ether oxygens (including phenoxy) is 2. The Hall–Kier alpha value is -3.73. The molecular formula is C25H21NO4. The molecule has 0 spiro atoms. The first-order valence-corrected chi connectivity index (χ1v) is 9.97. The summed E-state index contributed by atoms with van der Waals surface area (Å²) in [5, 5.41) is 4.14. The maximum Gasteiger partial charge on any atom is 0.225 e. The summed E-state index contributed by atoms with van der Waals surface area (Å²) in [6.07, 6.45) is 0.236. The Morgan fingerprint density at radius 3 is 2.47 bits per heavy atom. The van der Waals surface area contributed by atoms with E-state index in [1.807, 2.05) is 78.9 Å². The molecule has 1 unspecified atom stereocenters. The van der Waals surface area contributed by atoms with Gasteiger partial charge in [0.15, 0.2) is 11.5 Å². The van der Waals surface area contributed by atoms with Crippen LogP contribution < -0.4 is 14.8 Å². The highest BCUT2D eigenvalue weighted by Gasteiger charge is 2.21. The summed E-state index contributed by atoms with van der Waals surface area (Å²) in [6, 6.07) is 24.9. The highest BCUT2D eigenvalue weighted by Crippen LogP contribution is 2.31. The molecule has 1 aromatic heterocycles. The molecule has 5 rings (SSSR count). The molecule has 5 heteroatoms. The van der Waals surface area contributed by atoms with E-state index in [1.165, 1.54) is 0 Å². The van der Waals surface area contributed by atoms with Gasteiger partial charge < -0.3 is 19.2 Å². The van der Waals surface area contributed by atoms with E-state index < -0.39 is 0 Å². The minimum atomic E-state index is -0.372. The number of amides is 1. The highest BCUT2D eigenvalue weighted by molar-refractivity contribution is 5.81. The van der Waals surface area contributed by atoms with E-state index in [9.17, 15) is 4.79 Å². The molecule has 0 saturated carbocycles. The fourth-order valence-corrected chi connectivity index (χ4v) is 3.70. The van der Waals surface area contributed by atoms with Crippen molar-refractivity contribution >= 4 is 16.9 Å². The van der Waals surface area contributed by atoms with Crippen LogP contribution in [0.15, 0.2) is 83.3 Å². The van der Waals surface area contributed by atoms with Gasteiger partial charge in [0.25, 0.3) is 0 Å². The van der Waals surface area contributed by atoms with E-state index >= 15 is 0 Å². The minimum absolute atomic E-state index is 0.0963. The third kappa shape index (κ3) is 3.74. The lowest BCUT2D eigenvalue weighted by molar-refractivity contribution is -0.121. The van der Waals surface area contributed by atoms with Crippen LogP contribution in [-0.4, -0.2) is 19.1 Å². The van der Waals surface area contributed by atoms with Gasteiger partial charge in [-0.2, -0.15) is 0 Å². The number of rotatable bonds is 5. The van der Waals surface area contributed by atoms with Crippen LogP contribution in [0.5, 0.6) is 11.5 Å². The normalized spacial score (nSPS) is 13.7. The predicted molar refractivity (Wildman–Crippen MR) is 114 cm³/mol. The number of fused-ring (bicyclic) bond motifs is 2. The zero-order valence-electron chi connectivity index (χ0n) is 16.3. The molecule has 0 bridgehead atoms. The molecule has 0 saturated heterocycles. The molecule has 0 aliphatic carbocycles. The fraction of sp³-hybridized carbons (Fsp3) is 0.160. The van der Waals surface area contributed by atoms with Gasteiger partial charge >= 0.3 is 0 Å². The molecule has 4 aromatic rings. The van der Waals surface area contributed by atoms with Gasteiger partial charge in [0.2, 0.25) is 5.91 Å². The smallest absolute Gasteiger partial charge is 0.225 e. The van der Waals surface area contributed by atoms with Crippen LogP contribution in [0.25, 0.3) is 11.0 Å². The molecule has 1 aliphatic rings. The van der Waals surface area contributed by atoms with Crippen molar-refractivity contribution in [1.82, 2.24) is 5.32 Å². The van der Waals surface area contributed by atoms with E-state index in [2.05, 4.69) is 5.32 Å². The van der Waals surface area contributed by atoms with E-state index in [0.717, 1.165) is 27.8 Å². The maximum atomic E-state index is 12.9. The minimum Gasteiger partial charge on any atom is -0.486 e. The highest BCUT2D eigenvalue weighted by atomic mass is 16.6. The van der Waals surface area contributed by atoms with Crippen molar-refractivity contribution in [3.63, 3.8) is 0 Å². The number of furan rings is 1. The zero-order valence-corrected chi connectivity index (χ0v) is 16.3. The largest absolute Gasteiger partial charge is 0.486 e. The Kier molecular flexibility index (Phi) is 4.85. The Balaban J connectivity index is 1.40. The number of para-hydroxylation sites is 1. The van der Waals surface area contributed by atoms with Crippen LogP contribution in [0.1, 0.15) is 22.9 Å². The molecule has 1 amide bonds. The summed E-state index contributed by atoms with van der Waals surface area (Å²) < 4.78 is 17.2.